The molecule has 23 heavy (non-hydrogen) atoms. The number of hydrogen-bond acceptors (Lipinski definition) is 3. The van der Waals surface area contributed by atoms with E-state index in [-0.39, 0.29) is 6.03 Å². The predicted octanol–water partition coefficient (Wildman–Crippen LogP) is 4.52. The van der Waals surface area contributed by atoms with Gasteiger partial charge in [-0.2, -0.15) is 0 Å². The van der Waals surface area contributed by atoms with Crippen LogP contribution in [0.15, 0.2) is 79.1 Å². The number of benzene rings is 2. The summed E-state index contributed by atoms with van der Waals surface area (Å²) in [7, 11) is 0. The first-order valence-electron chi connectivity index (χ1n) is 7.10. The van der Waals surface area contributed by atoms with E-state index in [0.717, 1.165) is 5.75 Å². The van der Waals surface area contributed by atoms with Crippen molar-refractivity contribution in [2.75, 3.05) is 10.6 Å². The van der Waals surface area contributed by atoms with Crippen LogP contribution in [0.5, 0.6) is 11.5 Å². The van der Waals surface area contributed by atoms with Gasteiger partial charge in [-0.25, -0.2) is 4.79 Å². The summed E-state index contributed by atoms with van der Waals surface area (Å²) in [6, 6.07) is 19.9. The SMILES string of the molecule is O=C(Nc1ccc(Oc2ccccc2)cc1)Nc1cccnc1. The molecule has 3 rings (SSSR count). The lowest BCUT2D eigenvalue weighted by molar-refractivity contribution is 0.262. The molecule has 3 aromatic rings. The summed E-state index contributed by atoms with van der Waals surface area (Å²) in [5.74, 6) is 1.47. The molecule has 0 aliphatic carbocycles. The summed E-state index contributed by atoms with van der Waals surface area (Å²) in [4.78, 5) is 15.8. The number of ether oxygens (including phenoxy) is 1. The van der Waals surface area contributed by atoms with Crippen LogP contribution in [0, 0.1) is 0 Å². The number of pyridine rings is 1. The highest BCUT2D eigenvalue weighted by Gasteiger charge is 2.03. The molecule has 0 spiro atoms. The minimum absolute atomic E-state index is 0.324. The van der Waals surface area contributed by atoms with Crippen molar-refractivity contribution in [3.05, 3.63) is 79.1 Å². The maximum absolute atomic E-state index is 11.9. The molecule has 0 bridgehead atoms. The number of amides is 2. The van der Waals surface area contributed by atoms with Crippen LogP contribution in [0.1, 0.15) is 0 Å². The van der Waals surface area contributed by atoms with E-state index in [4.69, 9.17) is 4.74 Å². The van der Waals surface area contributed by atoms with E-state index in [2.05, 4.69) is 15.6 Å². The molecule has 0 saturated heterocycles. The maximum Gasteiger partial charge on any atom is 0.323 e. The minimum atomic E-state index is -0.324. The lowest BCUT2D eigenvalue weighted by atomic mass is 10.3. The van der Waals surface area contributed by atoms with Gasteiger partial charge in [0, 0.05) is 11.9 Å². The van der Waals surface area contributed by atoms with Crippen LogP contribution in [-0.2, 0) is 0 Å². The van der Waals surface area contributed by atoms with Crippen molar-refractivity contribution >= 4 is 17.4 Å². The quantitative estimate of drug-likeness (QED) is 0.745. The molecule has 0 radical (unpaired) electrons. The second-order valence-corrected chi connectivity index (χ2v) is 4.76. The van der Waals surface area contributed by atoms with Crippen LogP contribution in [-0.4, -0.2) is 11.0 Å². The van der Waals surface area contributed by atoms with Crippen LogP contribution >= 0.6 is 0 Å². The van der Waals surface area contributed by atoms with Gasteiger partial charge >= 0.3 is 6.03 Å². The van der Waals surface area contributed by atoms with Gasteiger partial charge in [-0.15, -0.1) is 0 Å². The summed E-state index contributed by atoms with van der Waals surface area (Å²) in [5.41, 5.74) is 1.31. The third-order valence-corrected chi connectivity index (χ3v) is 3.01. The first kappa shape index (κ1) is 14.6. The molecule has 5 nitrogen and oxygen atoms in total. The molecule has 0 atom stereocenters. The summed E-state index contributed by atoms with van der Waals surface area (Å²) in [6.45, 7) is 0. The minimum Gasteiger partial charge on any atom is -0.457 e. The predicted molar refractivity (Wildman–Crippen MR) is 89.8 cm³/mol. The monoisotopic (exact) mass is 305 g/mol. The van der Waals surface area contributed by atoms with E-state index in [1.165, 1.54) is 0 Å². The molecule has 0 fully saturated rings. The second-order valence-electron chi connectivity index (χ2n) is 4.76. The van der Waals surface area contributed by atoms with Gasteiger partial charge in [-0.1, -0.05) is 18.2 Å². The smallest absolute Gasteiger partial charge is 0.323 e. The van der Waals surface area contributed by atoms with Gasteiger partial charge in [0.05, 0.1) is 11.9 Å². The normalized spacial score (nSPS) is 9.91. The molecule has 0 aliphatic rings. The summed E-state index contributed by atoms with van der Waals surface area (Å²) >= 11 is 0. The number of hydrogen-bond donors (Lipinski definition) is 2. The Morgan fingerprint density at radius 1 is 0.783 bits per heavy atom. The van der Waals surface area contributed by atoms with Gasteiger partial charge in [-0.05, 0) is 48.5 Å². The van der Waals surface area contributed by atoms with Crippen LogP contribution in [0.2, 0.25) is 0 Å². The lowest BCUT2D eigenvalue weighted by Gasteiger charge is -2.09. The Bertz CT molecular complexity index is 759. The van der Waals surface area contributed by atoms with Gasteiger partial charge in [0.1, 0.15) is 11.5 Å². The van der Waals surface area contributed by atoms with E-state index in [0.29, 0.717) is 17.1 Å². The Hall–Kier alpha value is -3.34. The van der Waals surface area contributed by atoms with E-state index >= 15 is 0 Å². The number of rotatable bonds is 4. The van der Waals surface area contributed by atoms with Crippen molar-refractivity contribution in [1.82, 2.24) is 4.98 Å². The highest BCUT2D eigenvalue weighted by atomic mass is 16.5. The molecule has 5 heteroatoms. The van der Waals surface area contributed by atoms with Crippen molar-refractivity contribution in [1.29, 1.82) is 0 Å². The standard InChI is InChI=1S/C18H15N3O2/c22-18(21-15-5-4-12-19-13-15)20-14-8-10-17(11-9-14)23-16-6-2-1-3-7-16/h1-13H,(H2,20,21,22). The highest BCUT2D eigenvalue weighted by Crippen LogP contribution is 2.22. The first-order chi connectivity index (χ1) is 11.3. The Morgan fingerprint density at radius 3 is 2.17 bits per heavy atom. The number of nitrogens with one attached hydrogen (secondary N) is 2. The fourth-order valence-corrected chi connectivity index (χ4v) is 1.96. The van der Waals surface area contributed by atoms with Gasteiger partial charge < -0.3 is 15.4 Å². The topological polar surface area (TPSA) is 63.2 Å². The van der Waals surface area contributed by atoms with E-state index in [9.17, 15) is 4.79 Å². The maximum atomic E-state index is 11.9. The molecule has 1 aromatic heterocycles. The number of anilines is 2. The Morgan fingerprint density at radius 2 is 1.48 bits per heavy atom. The second kappa shape index (κ2) is 7.09. The lowest BCUT2D eigenvalue weighted by Crippen LogP contribution is -2.19. The van der Waals surface area contributed by atoms with E-state index in [1.807, 2.05) is 30.3 Å². The fraction of sp³-hybridized carbons (Fsp3) is 0. The zero-order chi connectivity index (χ0) is 15.9. The molecule has 2 N–H and O–H groups in total. The van der Waals surface area contributed by atoms with E-state index in [1.54, 1.807) is 48.8 Å². The Kier molecular flexibility index (Phi) is 4.49. The molecular weight excluding hydrogens is 290 g/mol. The van der Waals surface area contributed by atoms with Crippen molar-refractivity contribution < 1.29 is 9.53 Å². The van der Waals surface area contributed by atoms with Gasteiger partial charge in [0.25, 0.3) is 0 Å². The Balaban J connectivity index is 1.58. The average Bonchev–Trinajstić information content (AvgIpc) is 2.58. The molecule has 114 valence electrons. The van der Waals surface area contributed by atoms with Gasteiger partial charge in [0.2, 0.25) is 0 Å². The summed E-state index contributed by atoms with van der Waals surface area (Å²) in [5, 5.41) is 5.45. The number of para-hydroxylation sites is 1. The van der Waals surface area contributed by atoms with Crippen molar-refractivity contribution in [3.63, 3.8) is 0 Å². The molecule has 0 saturated carbocycles. The van der Waals surface area contributed by atoms with Crippen molar-refractivity contribution in [3.8, 4) is 11.5 Å². The van der Waals surface area contributed by atoms with Crippen LogP contribution < -0.4 is 15.4 Å². The zero-order valence-electron chi connectivity index (χ0n) is 12.3. The fourth-order valence-electron chi connectivity index (χ4n) is 1.96. The van der Waals surface area contributed by atoms with E-state index < -0.39 is 0 Å². The number of carbonyl (C=O) groups excluding carboxylic acids is 1. The first-order valence-corrected chi connectivity index (χ1v) is 7.10. The van der Waals surface area contributed by atoms with Crippen LogP contribution in [0.25, 0.3) is 0 Å². The number of urea groups is 1. The Labute approximate surface area is 134 Å². The molecular formula is C18H15N3O2. The third-order valence-electron chi connectivity index (χ3n) is 3.01. The molecule has 0 unspecified atom stereocenters. The summed E-state index contributed by atoms with van der Waals surface area (Å²) < 4.78 is 5.70. The highest BCUT2D eigenvalue weighted by molar-refractivity contribution is 5.99. The molecule has 1 heterocycles. The van der Waals surface area contributed by atoms with Gasteiger partial charge in [0.15, 0.2) is 0 Å². The number of nitrogens with zero attached hydrogens (tertiary/aromatic N) is 1. The number of carbonyl (C=O) groups is 1. The molecule has 0 aliphatic heterocycles. The van der Waals surface area contributed by atoms with Crippen LogP contribution in [0.3, 0.4) is 0 Å². The van der Waals surface area contributed by atoms with Gasteiger partial charge in [-0.3, -0.25) is 4.98 Å². The molecule has 2 aromatic carbocycles. The molecule has 2 amide bonds. The van der Waals surface area contributed by atoms with Crippen LogP contribution in [0.4, 0.5) is 16.2 Å². The number of aromatic nitrogens is 1. The van der Waals surface area contributed by atoms with Crippen molar-refractivity contribution in [2.45, 2.75) is 0 Å². The third kappa shape index (κ3) is 4.31. The average molecular weight is 305 g/mol. The zero-order valence-corrected chi connectivity index (χ0v) is 12.3. The van der Waals surface area contributed by atoms with Crippen molar-refractivity contribution in [2.24, 2.45) is 0 Å². The largest absolute Gasteiger partial charge is 0.457 e. The summed E-state index contributed by atoms with van der Waals surface area (Å²) in [6.07, 6.45) is 3.23.